The first-order valence-corrected chi connectivity index (χ1v) is 12.6. The minimum Gasteiger partial charge on any atom is -0.502 e. The monoisotopic (exact) mass is 511 g/mol. The van der Waals surface area contributed by atoms with Gasteiger partial charge in [-0.15, -0.1) is 11.8 Å². The van der Waals surface area contributed by atoms with Crippen LogP contribution >= 0.6 is 11.8 Å². The maximum atomic E-state index is 15.3. The highest BCUT2D eigenvalue weighted by Gasteiger charge is 2.42. The molecule has 0 radical (unpaired) electrons. The summed E-state index contributed by atoms with van der Waals surface area (Å²) in [5.74, 6) is -2.30. The number of carbonyl (C=O) groups is 1. The molecule has 1 aromatic heterocycles. The fourth-order valence-electron chi connectivity index (χ4n) is 5.08. The van der Waals surface area contributed by atoms with Gasteiger partial charge in [-0.1, -0.05) is 18.2 Å². The number of ether oxygens (including phenoxy) is 1. The Labute approximate surface area is 209 Å². The van der Waals surface area contributed by atoms with Crippen LogP contribution in [0.15, 0.2) is 52.3 Å². The number of methoxy groups -OCH3 is 1. The summed E-state index contributed by atoms with van der Waals surface area (Å²) in [5.41, 5.74) is 0.627. The number of pyridine rings is 1. The van der Waals surface area contributed by atoms with Gasteiger partial charge in [0.1, 0.15) is 18.5 Å². The number of aromatic nitrogens is 1. The number of hydrogen-bond donors (Lipinski definition) is 1. The van der Waals surface area contributed by atoms with Gasteiger partial charge in [0.05, 0.1) is 7.11 Å². The van der Waals surface area contributed by atoms with Gasteiger partial charge in [0.2, 0.25) is 5.43 Å². The SMILES string of the molecule is COc1cc(F)c(F)c2c1C(N1CN(CC3CC3)C(=O)c3c(O)c(=O)ccn31)c1ccccc1SC2. The topological polar surface area (TPSA) is 75.0 Å². The molecule has 2 aromatic carbocycles. The molecule has 1 aliphatic carbocycles. The zero-order valence-corrected chi connectivity index (χ0v) is 20.2. The van der Waals surface area contributed by atoms with Gasteiger partial charge in [-0.05, 0) is 30.4 Å². The first-order valence-electron chi connectivity index (χ1n) is 11.7. The van der Waals surface area contributed by atoms with E-state index in [0.717, 1.165) is 29.4 Å². The predicted octanol–water partition coefficient (Wildman–Crippen LogP) is 4.00. The van der Waals surface area contributed by atoms with Crippen LogP contribution in [-0.2, 0) is 5.75 Å². The van der Waals surface area contributed by atoms with E-state index in [4.69, 9.17) is 4.74 Å². The van der Waals surface area contributed by atoms with Gasteiger partial charge in [-0.25, -0.2) is 8.78 Å². The molecule has 186 valence electrons. The normalized spacial score (nSPS) is 18.9. The second-order valence-corrected chi connectivity index (χ2v) is 10.3. The lowest BCUT2D eigenvalue weighted by Gasteiger charge is -2.44. The van der Waals surface area contributed by atoms with Gasteiger partial charge < -0.3 is 14.7 Å². The highest BCUT2D eigenvalue weighted by atomic mass is 32.2. The molecule has 1 fully saturated rings. The molecule has 1 unspecified atom stereocenters. The number of amides is 1. The average molecular weight is 512 g/mol. The summed E-state index contributed by atoms with van der Waals surface area (Å²) >= 11 is 1.39. The predicted molar refractivity (Wildman–Crippen MR) is 130 cm³/mol. The lowest BCUT2D eigenvalue weighted by Crippen LogP contribution is -2.56. The van der Waals surface area contributed by atoms with Crippen molar-refractivity contribution in [2.24, 2.45) is 5.92 Å². The number of aromatic hydroxyl groups is 1. The number of nitrogens with zero attached hydrogens (tertiary/aromatic N) is 3. The van der Waals surface area contributed by atoms with E-state index in [2.05, 4.69) is 0 Å². The Morgan fingerprint density at radius 1 is 1.17 bits per heavy atom. The molecule has 10 heteroatoms. The molecule has 3 aromatic rings. The quantitative estimate of drug-likeness (QED) is 0.571. The Balaban J connectivity index is 1.63. The second kappa shape index (κ2) is 8.55. The first-order chi connectivity index (χ1) is 17.4. The molecule has 36 heavy (non-hydrogen) atoms. The highest BCUT2D eigenvalue weighted by molar-refractivity contribution is 7.98. The summed E-state index contributed by atoms with van der Waals surface area (Å²) in [6.07, 6.45) is 3.44. The molecule has 6 rings (SSSR count). The van der Waals surface area contributed by atoms with Gasteiger partial charge in [-0.2, -0.15) is 0 Å². The number of thioether (sulfide) groups is 1. The number of benzene rings is 2. The maximum absolute atomic E-state index is 15.3. The Morgan fingerprint density at radius 3 is 2.69 bits per heavy atom. The van der Waals surface area contributed by atoms with Crippen molar-refractivity contribution < 1.29 is 23.4 Å². The summed E-state index contributed by atoms with van der Waals surface area (Å²) in [4.78, 5) is 28.2. The smallest absolute Gasteiger partial charge is 0.277 e. The van der Waals surface area contributed by atoms with E-state index in [9.17, 15) is 19.1 Å². The van der Waals surface area contributed by atoms with Gasteiger partial charge in [0.15, 0.2) is 23.1 Å². The molecule has 1 amide bonds. The molecule has 7 nitrogen and oxygen atoms in total. The molecule has 0 spiro atoms. The van der Waals surface area contributed by atoms with E-state index in [0.29, 0.717) is 18.0 Å². The minimum absolute atomic E-state index is 0.121. The molecule has 3 aliphatic rings. The van der Waals surface area contributed by atoms with E-state index in [1.807, 2.05) is 29.3 Å². The van der Waals surface area contributed by atoms with Crippen molar-refractivity contribution >= 4 is 17.7 Å². The van der Waals surface area contributed by atoms with Crippen molar-refractivity contribution in [1.82, 2.24) is 9.58 Å². The van der Waals surface area contributed by atoms with Crippen molar-refractivity contribution in [2.75, 3.05) is 25.3 Å². The third kappa shape index (κ3) is 3.54. The van der Waals surface area contributed by atoms with Crippen molar-refractivity contribution in [2.45, 2.75) is 29.5 Å². The van der Waals surface area contributed by atoms with E-state index < -0.39 is 34.8 Å². The second-order valence-electron chi connectivity index (χ2n) is 9.27. The van der Waals surface area contributed by atoms with Crippen LogP contribution in [0.4, 0.5) is 8.78 Å². The number of halogens is 2. The largest absolute Gasteiger partial charge is 0.502 e. The molecule has 0 saturated heterocycles. The molecule has 0 bridgehead atoms. The number of hydrogen-bond acceptors (Lipinski definition) is 6. The van der Waals surface area contributed by atoms with Crippen molar-refractivity contribution in [1.29, 1.82) is 0 Å². The Kier molecular flexibility index (Phi) is 5.44. The number of carbonyl (C=O) groups excluding carboxylic acids is 1. The fraction of sp³-hybridized carbons (Fsp3) is 0.308. The fourth-order valence-corrected chi connectivity index (χ4v) is 6.18. The van der Waals surface area contributed by atoms with Gasteiger partial charge in [0, 0.05) is 46.6 Å². The van der Waals surface area contributed by atoms with Crippen LogP contribution in [-0.4, -0.2) is 40.9 Å². The summed E-state index contributed by atoms with van der Waals surface area (Å²) in [6, 6.07) is 9.10. The summed E-state index contributed by atoms with van der Waals surface area (Å²) < 4.78 is 36.9. The van der Waals surface area contributed by atoms with E-state index >= 15 is 4.39 Å². The summed E-state index contributed by atoms with van der Waals surface area (Å²) in [5, 5.41) is 12.5. The van der Waals surface area contributed by atoms with Crippen LogP contribution in [0.3, 0.4) is 0 Å². The van der Waals surface area contributed by atoms with Crippen molar-refractivity contribution in [3.8, 4) is 11.5 Å². The molecular formula is C26H23F2N3O4S. The Hall–Kier alpha value is -3.53. The molecular weight excluding hydrogens is 488 g/mol. The number of fused-ring (bicyclic) bond motifs is 3. The molecule has 1 atom stereocenters. The zero-order valence-electron chi connectivity index (χ0n) is 19.4. The average Bonchev–Trinajstić information content (AvgIpc) is 3.71. The van der Waals surface area contributed by atoms with Gasteiger partial charge in [0.25, 0.3) is 5.91 Å². The Morgan fingerprint density at radius 2 is 1.94 bits per heavy atom. The lowest BCUT2D eigenvalue weighted by atomic mass is 9.92. The van der Waals surface area contributed by atoms with E-state index in [1.54, 1.807) is 4.90 Å². The third-order valence-corrected chi connectivity index (χ3v) is 8.13. The van der Waals surface area contributed by atoms with Crippen LogP contribution in [0.2, 0.25) is 0 Å². The summed E-state index contributed by atoms with van der Waals surface area (Å²) in [7, 11) is 1.41. The summed E-state index contributed by atoms with van der Waals surface area (Å²) in [6.45, 7) is 0.596. The molecule has 1 saturated carbocycles. The highest BCUT2D eigenvalue weighted by Crippen LogP contribution is 2.47. The first kappa shape index (κ1) is 22.9. The van der Waals surface area contributed by atoms with Gasteiger partial charge >= 0.3 is 0 Å². The standard InChI is InChI=1S/C26H23F2N3O4S/c1-35-19-10-17(27)22(28)16-12-36-20-5-3-2-4-15(20)23(21(16)19)31-13-29(11-14-6-7-14)26(34)24-25(33)18(32)8-9-30(24)31/h2-5,8-10,14,23,33H,6-7,11-13H2,1H3. The molecule has 2 aliphatic heterocycles. The van der Waals surface area contributed by atoms with Crippen LogP contribution in [0.25, 0.3) is 0 Å². The van der Waals surface area contributed by atoms with Crippen LogP contribution in [0.5, 0.6) is 11.5 Å². The van der Waals surface area contributed by atoms with Crippen molar-refractivity contribution in [3.63, 3.8) is 0 Å². The zero-order chi connectivity index (χ0) is 25.1. The van der Waals surface area contributed by atoms with Crippen LogP contribution < -0.4 is 15.2 Å². The van der Waals surface area contributed by atoms with Crippen LogP contribution in [0, 0.1) is 17.6 Å². The lowest BCUT2D eigenvalue weighted by molar-refractivity contribution is 0.0670. The Bertz CT molecular complexity index is 1460. The van der Waals surface area contributed by atoms with Crippen molar-refractivity contribution in [3.05, 3.63) is 86.8 Å². The van der Waals surface area contributed by atoms with E-state index in [-0.39, 0.29) is 29.4 Å². The molecule has 3 heterocycles. The minimum atomic E-state index is -0.998. The van der Waals surface area contributed by atoms with E-state index in [1.165, 1.54) is 35.8 Å². The molecule has 1 N–H and O–H groups in total. The van der Waals surface area contributed by atoms with Gasteiger partial charge in [-0.3, -0.25) is 19.3 Å². The third-order valence-electron chi connectivity index (χ3n) is 7.01. The van der Waals surface area contributed by atoms with Crippen LogP contribution in [0.1, 0.15) is 46.1 Å². The maximum Gasteiger partial charge on any atom is 0.277 e. The number of rotatable bonds is 4.